The molecule has 160 valence electrons. The third-order valence-electron chi connectivity index (χ3n) is 5.97. The third kappa shape index (κ3) is 4.74. The zero-order valence-corrected chi connectivity index (χ0v) is 17.6. The maximum absolute atomic E-state index is 10.5. The molecule has 0 saturated carbocycles. The fraction of sp³-hybridized carbons (Fsp3) is 0.308. The Morgan fingerprint density at radius 1 is 0.806 bits per heavy atom. The number of hydrogen-bond acceptors (Lipinski definition) is 5. The van der Waals surface area contributed by atoms with E-state index in [1.165, 1.54) is 5.56 Å². The zero-order chi connectivity index (χ0) is 21.0. The van der Waals surface area contributed by atoms with E-state index in [0.29, 0.717) is 6.54 Å². The van der Waals surface area contributed by atoms with Crippen LogP contribution < -0.4 is 4.74 Å². The van der Waals surface area contributed by atoms with Gasteiger partial charge < -0.3 is 14.3 Å². The first-order valence-electron chi connectivity index (χ1n) is 11.0. The van der Waals surface area contributed by atoms with Crippen molar-refractivity contribution in [2.24, 2.45) is 0 Å². The molecule has 1 atom stereocenters. The van der Waals surface area contributed by atoms with Crippen LogP contribution in [0.2, 0.25) is 0 Å². The topological polar surface area (TPSA) is 49.1 Å². The number of aliphatic hydroxyl groups excluding tert-OH is 1. The summed E-state index contributed by atoms with van der Waals surface area (Å²) in [4.78, 5) is 4.79. The van der Waals surface area contributed by atoms with Crippen LogP contribution in [0.1, 0.15) is 5.56 Å². The van der Waals surface area contributed by atoms with Crippen LogP contribution >= 0.6 is 0 Å². The molecule has 0 bridgehead atoms. The second-order valence-corrected chi connectivity index (χ2v) is 8.28. The number of β-amino-alcohol motifs (C(OH)–C–C–N with tert-alkyl or cyclic N) is 1. The summed E-state index contributed by atoms with van der Waals surface area (Å²) in [7, 11) is 0. The van der Waals surface area contributed by atoms with Gasteiger partial charge in [0.1, 0.15) is 29.6 Å². The van der Waals surface area contributed by atoms with Crippen LogP contribution in [0.15, 0.2) is 77.2 Å². The molecule has 2 heterocycles. The summed E-state index contributed by atoms with van der Waals surface area (Å²) in [5.74, 6) is 0.755. The van der Waals surface area contributed by atoms with Crippen LogP contribution in [0.4, 0.5) is 0 Å². The van der Waals surface area contributed by atoms with E-state index in [2.05, 4.69) is 46.2 Å². The molecule has 5 heteroatoms. The smallest absolute Gasteiger partial charge is 0.135 e. The molecule has 1 aromatic heterocycles. The van der Waals surface area contributed by atoms with Gasteiger partial charge in [0, 0.05) is 50.0 Å². The van der Waals surface area contributed by atoms with E-state index in [1.807, 2.05) is 36.4 Å². The largest absolute Gasteiger partial charge is 0.491 e. The molecule has 31 heavy (non-hydrogen) atoms. The highest BCUT2D eigenvalue weighted by molar-refractivity contribution is 6.05. The third-order valence-corrected chi connectivity index (χ3v) is 5.97. The molecule has 0 amide bonds. The quantitative estimate of drug-likeness (QED) is 0.491. The Hall–Kier alpha value is -2.86. The van der Waals surface area contributed by atoms with Gasteiger partial charge in [-0.15, -0.1) is 0 Å². The Labute approximate surface area is 182 Å². The highest BCUT2D eigenvalue weighted by Crippen LogP contribution is 2.31. The van der Waals surface area contributed by atoms with Gasteiger partial charge in [-0.1, -0.05) is 48.5 Å². The lowest BCUT2D eigenvalue weighted by molar-refractivity contribution is 0.0446. The number of furan rings is 1. The number of aliphatic hydroxyl groups is 1. The Bertz CT molecular complexity index is 1130. The normalized spacial score (nSPS) is 16.7. The minimum Gasteiger partial charge on any atom is -0.491 e. The first kappa shape index (κ1) is 20.1. The van der Waals surface area contributed by atoms with Gasteiger partial charge in [0.25, 0.3) is 0 Å². The monoisotopic (exact) mass is 416 g/mol. The lowest BCUT2D eigenvalue weighted by atomic mass is 10.1. The van der Waals surface area contributed by atoms with Crippen molar-refractivity contribution < 1.29 is 14.3 Å². The van der Waals surface area contributed by atoms with Gasteiger partial charge in [0.15, 0.2) is 0 Å². The van der Waals surface area contributed by atoms with Crippen LogP contribution in [-0.4, -0.2) is 60.3 Å². The summed E-state index contributed by atoms with van der Waals surface area (Å²) in [6.07, 6.45) is -0.516. The molecule has 1 N–H and O–H groups in total. The van der Waals surface area contributed by atoms with Crippen LogP contribution in [0.3, 0.4) is 0 Å². The van der Waals surface area contributed by atoms with Crippen molar-refractivity contribution in [3.63, 3.8) is 0 Å². The number of rotatable bonds is 7. The fourth-order valence-electron chi connectivity index (χ4n) is 4.31. The van der Waals surface area contributed by atoms with E-state index < -0.39 is 6.10 Å². The Kier molecular flexibility index (Phi) is 5.89. The summed E-state index contributed by atoms with van der Waals surface area (Å²) in [6.45, 7) is 5.89. The maximum atomic E-state index is 10.5. The van der Waals surface area contributed by atoms with Crippen molar-refractivity contribution in [2.75, 3.05) is 39.3 Å². The highest BCUT2D eigenvalue weighted by atomic mass is 16.5. The lowest BCUT2D eigenvalue weighted by Gasteiger charge is -2.35. The second-order valence-electron chi connectivity index (χ2n) is 8.28. The first-order valence-corrected chi connectivity index (χ1v) is 11.0. The van der Waals surface area contributed by atoms with Gasteiger partial charge in [-0.25, -0.2) is 0 Å². The molecule has 0 spiro atoms. The van der Waals surface area contributed by atoms with Crippen LogP contribution in [0.25, 0.3) is 21.9 Å². The summed E-state index contributed by atoms with van der Waals surface area (Å²) in [5, 5.41) is 12.6. The van der Waals surface area contributed by atoms with Crippen molar-refractivity contribution in [2.45, 2.75) is 12.6 Å². The Morgan fingerprint density at radius 3 is 2.35 bits per heavy atom. The van der Waals surface area contributed by atoms with Crippen LogP contribution in [0, 0.1) is 0 Å². The van der Waals surface area contributed by atoms with Crippen molar-refractivity contribution in [1.29, 1.82) is 0 Å². The molecule has 5 nitrogen and oxygen atoms in total. The lowest BCUT2D eigenvalue weighted by Crippen LogP contribution is -2.48. The van der Waals surface area contributed by atoms with Crippen LogP contribution in [0.5, 0.6) is 5.75 Å². The number of benzene rings is 3. The number of fused-ring (bicyclic) bond motifs is 3. The van der Waals surface area contributed by atoms with E-state index in [4.69, 9.17) is 9.15 Å². The molecule has 1 aliphatic heterocycles. The zero-order valence-electron chi connectivity index (χ0n) is 17.6. The van der Waals surface area contributed by atoms with Crippen molar-refractivity contribution in [1.82, 2.24) is 9.80 Å². The number of nitrogens with zero attached hydrogens (tertiary/aromatic N) is 2. The van der Waals surface area contributed by atoms with Crippen molar-refractivity contribution >= 4 is 21.9 Å². The number of ether oxygens (including phenoxy) is 1. The summed E-state index contributed by atoms with van der Waals surface area (Å²) < 4.78 is 11.8. The van der Waals surface area contributed by atoms with Gasteiger partial charge >= 0.3 is 0 Å². The summed E-state index contributed by atoms with van der Waals surface area (Å²) in [5.41, 5.74) is 3.08. The van der Waals surface area contributed by atoms with Crippen LogP contribution in [-0.2, 0) is 6.54 Å². The fourth-order valence-corrected chi connectivity index (χ4v) is 4.31. The molecule has 1 saturated heterocycles. The minimum absolute atomic E-state index is 0.283. The van der Waals surface area contributed by atoms with Gasteiger partial charge in [-0.05, 0) is 29.8 Å². The van der Waals surface area contributed by atoms with E-state index in [9.17, 15) is 5.11 Å². The number of hydrogen-bond donors (Lipinski definition) is 1. The molecule has 0 aliphatic carbocycles. The average molecular weight is 417 g/mol. The van der Waals surface area contributed by atoms with Gasteiger partial charge in [-0.2, -0.15) is 0 Å². The molecule has 0 radical (unpaired) electrons. The van der Waals surface area contributed by atoms with Gasteiger partial charge in [-0.3, -0.25) is 9.80 Å². The summed E-state index contributed by atoms with van der Waals surface area (Å²) in [6, 6.07) is 24.4. The Balaban J connectivity index is 1.11. The number of piperazine rings is 1. The SMILES string of the molecule is O[C@H](COc1ccc2oc3ccccc3c2c1)CN1CCN(Cc2ccccc2)CC1. The van der Waals surface area contributed by atoms with E-state index in [-0.39, 0.29) is 6.61 Å². The van der Waals surface area contributed by atoms with Crippen molar-refractivity contribution in [3.05, 3.63) is 78.4 Å². The molecule has 1 aliphatic rings. The summed E-state index contributed by atoms with van der Waals surface area (Å²) >= 11 is 0. The molecule has 1 fully saturated rings. The van der Waals surface area contributed by atoms with Gasteiger partial charge in [0.2, 0.25) is 0 Å². The standard InChI is InChI=1S/C26H28N2O3/c29-21(18-28-14-12-27(13-15-28)17-20-6-2-1-3-7-20)19-30-22-10-11-26-24(16-22)23-8-4-5-9-25(23)31-26/h1-11,16,21,29H,12-15,17-19H2/t21-/m0/s1. The first-order chi connectivity index (χ1) is 15.2. The second kappa shape index (κ2) is 9.10. The van der Waals surface area contributed by atoms with E-state index in [0.717, 1.165) is 60.4 Å². The molecule has 5 rings (SSSR count). The van der Waals surface area contributed by atoms with Crippen molar-refractivity contribution in [3.8, 4) is 5.75 Å². The minimum atomic E-state index is -0.516. The predicted molar refractivity (Wildman–Crippen MR) is 123 cm³/mol. The maximum Gasteiger partial charge on any atom is 0.135 e. The predicted octanol–water partition coefficient (Wildman–Crippen LogP) is 4.14. The molecule has 0 unspecified atom stereocenters. The van der Waals surface area contributed by atoms with E-state index >= 15 is 0 Å². The average Bonchev–Trinajstić information content (AvgIpc) is 3.18. The van der Waals surface area contributed by atoms with Gasteiger partial charge in [0.05, 0.1) is 0 Å². The highest BCUT2D eigenvalue weighted by Gasteiger charge is 2.19. The Morgan fingerprint density at radius 2 is 1.52 bits per heavy atom. The molecule has 4 aromatic rings. The number of para-hydroxylation sites is 1. The molecular weight excluding hydrogens is 388 g/mol. The van der Waals surface area contributed by atoms with E-state index in [1.54, 1.807) is 0 Å². The molecule has 3 aromatic carbocycles. The molecular formula is C26H28N2O3.